The quantitative estimate of drug-likeness (QED) is 0.858. The van der Waals surface area contributed by atoms with Gasteiger partial charge in [-0.3, -0.25) is 4.40 Å². The van der Waals surface area contributed by atoms with Gasteiger partial charge in [0.15, 0.2) is 5.65 Å². The molecule has 2 heterocycles. The van der Waals surface area contributed by atoms with E-state index in [2.05, 4.69) is 14.6 Å². The first-order valence-electron chi connectivity index (χ1n) is 6.40. The molecule has 2 atom stereocenters. The van der Waals surface area contributed by atoms with Crippen LogP contribution in [0.1, 0.15) is 37.4 Å². The molecule has 90 valence electrons. The van der Waals surface area contributed by atoms with Crippen LogP contribution in [-0.4, -0.2) is 21.1 Å². The van der Waals surface area contributed by atoms with Gasteiger partial charge in [0.2, 0.25) is 0 Å². The van der Waals surface area contributed by atoms with Crippen molar-refractivity contribution in [1.29, 1.82) is 0 Å². The molecule has 0 aliphatic heterocycles. The van der Waals surface area contributed by atoms with Crippen molar-refractivity contribution in [3.05, 3.63) is 30.2 Å². The van der Waals surface area contributed by atoms with Crippen LogP contribution in [0.15, 0.2) is 24.4 Å². The summed E-state index contributed by atoms with van der Waals surface area (Å²) in [5.41, 5.74) is 6.82. The van der Waals surface area contributed by atoms with Gasteiger partial charge in [-0.25, -0.2) is 0 Å². The van der Waals surface area contributed by atoms with Crippen LogP contribution < -0.4 is 5.73 Å². The largest absolute Gasteiger partial charge is 0.330 e. The molecule has 2 aromatic heterocycles. The second kappa shape index (κ2) is 4.45. The van der Waals surface area contributed by atoms with Crippen molar-refractivity contribution in [3.63, 3.8) is 0 Å². The first-order chi connectivity index (χ1) is 8.40. The van der Waals surface area contributed by atoms with Gasteiger partial charge >= 0.3 is 0 Å². The number of hydrogen-bond acceptors (Lipinski definition) is 3. The summed E-state index contributed by atoms with van der Waals surface area (Å²) in [4.78, 5) is 0. The highest BCUT2D eigenvalue weighted by atomic mass is 15.2. The van der Waals surface area contributed by atoms with Gasteiger partial charge in [0.05, 0.1) is 0 Å². The Labute approximate surface area is 101 Å². The molecule has 4 heteroatoms. The Morgan fingerprint density at radius 1 is 1.24 bits per heavy atom. The van der Waals surface area contributed by atoms with E-state index in [1.807, 2.05) is 24.4 Å². The molecular weight excluding hydrogens is 212 g/mol. The molecule has 1 fully saturated rings. The van der Waals surface area contributed by atoms with Gasteiger partial charge in [-0.15, -0.1) is 10.2 Å². The maximum absolute atomic E-state index is 5.89. The van der Waals surface area contributed by atoms with Crippen molar-refractivity contribution < 1.29 is 0 Å². The Morgan fingerprint density at radius 3 is 3.00 bits per heavy atom. The lowest BCUT2D eigenvalue weighted by molar-refractivity contribution is 0.303. The minimum Gasteiger partial charge on any atom is -0.330 e. The van der Waals surface area contributed by atoms with E-state index in [4.69, 9.17) is 5.73 Å². The summed E-state index contributed by atoms with van der Waals surface area (Å²) in [7, 11) is 0. The van der Waals surface area contributed by atoms with Crippen LogP contribution in [0.2, 0.25) is 0 Å². The lowest BCUT2D eigenvalue weighted by Crippen LogP contribution is -2.26. The van der Waals surface area contributed by atoms with Crippen LogP contribution in [0.5, 0.6) is 0 Å². The maximum Gasteiger partial charge on any atom is 0.160 e. The van der Waals surface area contributed by atoms with Gasteiger partial charge in [0.25, 0.3) is 0 Å². The molecule has 0 aromatic carbocycles. The molecule has 4 nitrogen and oxygen atoms in total. The molecule has 2 aromatic rings. The fourth-order valence-electron chi connectivity index (χ4n) is 2.94. The van der Waals surface area contributed by atoms with E-state index >= 15 is 0 Å². The Hall–Kier alpha value is -1.42. The Kier molecular flexibility index (Phi) is 2.81. The van der Waals surface area contributed by atoms with E-state index in [1.54, 1.807) is 0 Å². The van der Waals surface area contributed by atoms with E-state index < -0.39 is 0 Å². The average Bonchev–Trinajstić information content (AvgIpc) is 2.82. The summed E-state index contributed by atoms with van der Waals surface area (Å²) in [5.74, 6) is 2.14. The number of fused-ring (bicyclic) bond motifs is 1. The summed E-state index contributed by atoms with van der Waals surface area (Å²) >= 11 is 0. The fraction of sp³-hybridized carbons (Fsp3) is 0.538. The average molecular weight is 230 g/mol. The maximum atomic E-state index is 5.89. The normalized spacial score (nSPS) is 25.2. The van der Waals surface area contributed by atoms with E-state index in [0.717, 1.165) is 18.0 Å². The highest BCUT2D eigenvalue weighted by Gasteiger charge is 2.28. The smallest absolute Gasteiger partial charge is 0.160 e. The van der Waals surface area contributed by atoms with E-state index in [1.165, 1.54) is 25.7 Å². The molecule has 2 N–H and O–H groups in total. The van der Waals surface area contributed by atoms with Crippen molar-refractivity contribution in [3.8, 4) is 0 Å². The van der Waals surface area contributed by atoms with E-state index in [9.17, 15) is 0 Å². The van der Waals surface area contributed by atoms with Crippen LogP contribution >= 0.6 is 0 Å². The molecule has 1 aliphatic rings. The van der Waals surface area contributed by atoms with Crippen LogP contribution in [0, 0.1) is 5.92 Å². The van der Waals surface area contributed by atoms with E-state index in [0.29, 0.717) is 11.8 Å². The number of nitrogens with zero attached hydrogens (tertiary/aromatic N) is 3. The van der Waals surface area contributed by atoms with Gasteiger partial charge in [-0.05, 0) is 37.4 Å². The Bertz CT molecular complexity index is 505. The summed E-state index contributed by atoms with van der Waals surface area (Å²) < 4.78 is 2.11. The van der Waals surface area contributed by atoms with Crippen molar-refractivity contribution >= 4 is 5.65 Å². The topological polar surface area (TPSA) is 56.2 Å². The van der Waals surface area contributed by atoms with Crippen molar-refractivity contribution in [2.24, 2.45) is 11.7 Å². The van der Waals surface area contributed by atoms with Gasteiger partial charge in [-0.1, -0.05) is 18.9 Å². The number of hydrogen-bond donors (Lipinski definition) is 1. The summed E-state index contributed by atoms with van der Waals surface area (Å²) in [5, 5.41) is 8.61. The zero-order valence-corrected chi connectivity index (χ0v) is 9.92. The van der Waals surface area contributed by atoms with Gasteiger partial charge in [0, 0.05) is 12.1 Å². The monoisotopic (exact) mass is 230 g/mol. The summed E-state index contributed by atoms with van der Waals surface area (Å²) in [6.07, 6.45) is 7.05. The molecule has 0 bridgehead atoms. The zero-order valence-electron chi connectivity index (χ0n) is 9.92. The van der Waals surface area contributed by atoms with Gasteiger partial charge < -0.3 is 5.73 Å². The third-order valence-electron chi connectivity index (χ3n) is 3.88. The lowest BCUT2D eigenvalue weighted by Gasteiger charge is -2.29. The molecule has 0 saturated heterocycles. The second-order valence-electron chi connectivity index (χ2n) is 4.87. The molecule has 0 radical (unpaired) electrons. The van der Waals surface area contributed by atoms with Crippen LogP contribution in [0.3, 0.4) is 0 Å². The van der Waals surface area contributed by atoms with E-state index in [-0.39, 0.29) is 0 Å². The number of rotatable bonds is 2. The zero-order chi connectivity index (χ0) is 11.7. The molecule has 3 rings (SSSR count). The number of nitrogens with two attached hydrogens (primary N) is 1. The summed E-state index contributed by atoms with van der Waals surface area (Å²) in [6, 6.07) is 6.02. The third kappa shape index (κ3) is 1.82. The van der Waals surface area contributed by atoms with Gasteiger partial charge in [-0.2, -0.15) is 0 Å². The first kappa shape index (κ1) is 10.7. The third-order valence-corrected chi connectivity index (χ3v) is 3.88. The van der Waals surface area contributed by atoms with Gasteiger partial charge in [0.1, 0.15) is 5.82 Å². The number of aromatic nitrogens is 3. The molecule has 2 unspecified atom stereocenters. The minimum absolute atomic E-state index is 0.478. The highest BCUT2D eigenvalue weighted by Crippen LogP contribution is 2.36. The predicted octanol–water partition coefficient (Wildman–Crippen LogP) is 1.96. The summed E-state index contributed by atoms with van der Waals surface area (Å²) in [6.45, 7) is 0.756. The van der Waals surface area contributed by atoms with Crippen molar-refractivity contribution in [2.45, 2.75) is 31.6 Å². The molecule has 1 saturated carbocycles. The molecule has 17 heavy (non-hydrogen) atoms. The predicted molar refractivity (Wildman–Crippen MR) is 66.7 cm³/mol. The standard InChI is InChI=1S/C13H18N4/c14-9-10-5-1-2-6-11(10)13-16-15-12-7-3-4-8-17(12)13/h3-4,7-8,10-11H,1-2,5-6,9,14H2. The first-order valence-corrected chi connectivity index (χ1v) is 6.40. The highest BCUT2D eigenvalue weighted by molar-refractivity contribution is 5.37. The SMILES string of the molecule is NCC1CCCCC1c1nnc2ccccn12. The fourth-order valence-corrected chi connectivity index (χ4v) is 2.94. The lowest BCUT2D eigenvalue weighted by atomic mass is 9.79. The van der Waals surface area contributed by atoms with Crippen LogP contribution in [-0.2, 0) is 0 Å². The molecule has 1 aliphatic carbocycles. The molecule has 0 spiro atoms. The van der Waals surface area contributed by atoms with Crippen LogP contribution in [0.25, 0.3) is 5.65 Å². The van der Waals surface area contributed by atoms with Crippen molar-refractivity contribution in [2.75, 3.05) is 6.54 Å². The Balaban J connectivity index is 2.01. The molecular formula is C13H18N4. The minimum atomic E-state index is 0.478. The molecule has 0 amide bonds. The van der Waals surface area contributed by atoms with Crippen LogP contribution in [0.4, 0.5) is 0 Å². The number of pyridine rings is 1. The Morgan fingerprint density at radius 2 is 2.12 bits per heavy atom. The second-order valence-corrected chi connectivity index (χ2v) is 4.87. The van der Waals surface area contributed by atoms with Crippen molar-refractivity contribution in [1.82, 2.24) is 14.6 Å².